The fourth-order valence-electron chi connectivity index (χ4n) is 19.6. The predicted octanol–water partition coefficient (Wildman–Crippen LogP) is 31.1. The Balaban J connectivity index is 0.564. The lowest BCUT2D eigenvalue weighted by Crippen LogP contribution is -2.04. The van der Waals surface area contributed by atoms with Gasteiger partial charge in [-0.1, -0.05) is 407 Å². The number of benzene rings is 18. The zero-order chi connectivity index (χ0) is 92.6. The maximum absolute atomic E-state index is 6.63. The predicted molar refractivity (Wildman–Crippen MR) is 570 cm³/mol. The molecule has 5 aromatic heterocycles. The molecule has 1 aliphatic carbocycles. The number of fused-ring (bicyclic) bond motifs is 6. The summed E-state index contributed by atoms with van der Waals surface area (Å²) in [6, 6.07) is 148. The lowest BCUT2D eigenvalue weighted by atomic mass is 9.86. The van der Waals surface area contributed by atoms with E-state index in [1.165, 1.54) is 5.56 Å². The van der Waals surface area contributed by atoms with E-state index in [-0.39, 0.29) is 5.92 Å². The van der Waals surface area contributed by atoms with Crippen LogP contribution >= 0.6 is 0 Å². The molecule has 5 heterocycles. The first kappa shape index (κ1) is 83.7. The first-order valence-corrected chi connectivity index (χ1v) is 47.0. The van der Waals surface area contributed by atoms with E-state index in [0.29, 0.717) is 58.0 Å². The third-order valence-corrected chi connectivity index (χ3v) is 26.8. The highest BCUT2D eigenvalue weighted by molar-refractivity contribution is 6.02. The van der Waals surface area contributed by atoms with Crippen LogP contribution in [0.15, 0.2) is 455 Å². The van der Waals surface area contributed by atoms with E-state index in [9.17, 15) is 0 Å². The van der Waals surface area contributed by atoms with Crippen molar-refractivity contribution in [2.24, 2.45) is 5.73 Å². The molecule has 0 aliphatic heterocycles. The fraction of sp³-hybridized carbons (Fsp3) is 0.0315. The van der Waals surface area contributed by atoms with Gasteiger partial charge in [-0.15, -0.1) is 0 Å². The van der Waals surface area contributed by atoms with Gasteiger partial charge >= 0.3 is 0 Å². The van der Waals surface area contributed by atoms with Gasteiger partial charge in [0.25, 0.3) is 0 Å². The highest BCUT2D eigenvalue weighted by atomic mass is 15.1. The molecule has 0 saturated carbocycles. The molecule has 0 saturated heterocycles. The molecular formula is C127H86N12. The SMILES string of the molecule is CC(/C=C\C(=C/N)c1nc(-c2cccc3ccccc23)nc(-c2cccc3ccccc23)n1)c1ccc(-c2ccccc2-c2cc(-c3ccccc3-c3ccc(-c4ccc(-c5nc(-c6cccc7c6C=CCC7)nc(-c6cccc7ccccc67)n5)cn4)cc3)cc(-c3ccccc3-c3ccc(-c4ccc(-c5nc(-c6cccc7ccccc67)nc(-c6cccc7ccccc67)n5)cn4)cc3)c2)cc1. The highest BCUT2D eigenvalue weighted by Gasteiger charge is 2.25. The maximum Gasteiger partial charge on any atom is 0.165 e. The monoisotopic (exact) mass is 1780 g/mol. The van der Waals surface area contributed by atoms with Crippen LogP contribution in [0.4, 0.5) is 0 Å². The topological polar surface area (TPSA) is 168 Å². The van der Waals surface area contributed by atoms with Crippen LogP contribution in [0.3, 0.4) is 0 Å². The summed E-state index contributed by atoms with van der Waals surface area (Å²) in [5.74, 6) is 5.10. The zero-order valence-electron chi connectivity index (χ0n) is 75.9. The fourth-order valence-corrected chi connectivity index (χ4v) is 19.6. The van der Waals surface area contributed by atoms with Gasteiger partial charge < -0.3 is 5.73 Å². The van der Waals surface area contributed by atoms with Crippen molar-refractivity contribution < 1.29 is 0 Å². The van der Waals surface area contributed by atoms with Gasteiger partial charge in [0.1, 0.15) is 0 Å². The molecule has 12 heteroatoms. The van der Waals surface area contributed by atoms with Gasteiger partial charge in [0, 0.05) is 79.8 Å². The first-order chi connectivity index (χ1) is 68.7. The molecular weight excluding hydrogens is 1690 g/mol. The Morgan fingerprint density at radius 3 is 0.892 bits per heavy atom. The lowest BCUT2D eigenvalue weighted by Gasteiger charge is -2.18. The Kier molecular flexibility index (Phi) is 22.0. The Morgan fingerprint density at radius 1 is 0.259 bits per heavy atom. The highest BCUT2D eigenvalue weighted by Crippen LogP contribution is 2.46. The number of aryl methyl sites for hydroxylation is 1. The molecule has 0 amide bonds. The molecule has 0 radical (unpaired) electrons. The molecule has 18 aromatic carbocycles. The Hall–Kier alpha value is -18.4. The Morgan fingerprint density at radius 2 is 0.540 bits per heavy atom. The van der Waals surface area contributed by atoms with E-state index in [4.69, 9.17) is 60.6 Å². The molecule has 1 unspecified atom stereocenters. The van der Waals surface area contributed by atoms with Gasteiger partial charge in [-0.2, -0.15) is 0 Å². The van der Waals surface area contributed by atoms with Gasteiger partial charge in [0.05, 0.1) is 11.4 Å². The summed E-state index contributed by atoms with van der Waals surface area (Å²) in [4.78, 5) is 57.2. The average Bonchev–Trinajstić information content (AvgIpc) is 0.775. The van der Waals surface area contributed by atoms with Crippen LogP contribution in [0.5, 0.6) is 0 Å². The Bertz CT molecular complexity index is 8610. The van der Waals surface area contributed by atoms with E-state index in [1.807, 2.05) is 18.5 Å². The number of allylic oxidation sites excluding steroid dienone is 4. The molecule has 654 valence electrons. The van der Waals surface area contributed by atoms with Crippen molar-refractivity contribution in [3.8, 4) is 180 Å². The normalized spacial score (nSPS) is 12.3. The van der Waals surface area contributed by atoms with Crippen molar-refractivity contribution in [1.82, 2.24) is 54.8 Å². The van der Waals surface area contributed by atoms with E-state index < -0.39 is 0 Å². The van der Waals surface area contributed by atoms with Crippen LogP contribution in [0.2, 0.25) is 0 Å². The van der Waals surface area contributed by atoms with E-state index >= 15 is 0 Å². The molecule has 0 spiro atoms. The van der Waals surface area contributed by atoms with Crippen molar-refractivity contribution >= 4 is 65.5 Å². The van der Waals surface area contributed by atoms with Crippen LogP contribution in [0, 0.1) is 0 Å². The number of nitrogens with zero attached hydrogens (tertiary/aromatic N) is 11. The lowest BCUT2D eigenvalue weighted by molar-refractivity contribution is 0.967. The average molecular weight is 1780 g/mol. The van der Waals surface area contributed by atoms with Gasteiger partial charge in [-0.25, -0.2) is 44.9 Å². The molecule has 23 aromatic rings. The molecule has 0 fully saturated rings. The summed E-state index contributed by atoms with van der Waals surface area (Å²) in [6.07, 6.45) is 16.0. The van der Waals surface area contributed by atoms with Crippen LogP contribution < -0.4 is 5.73 Å². The number of hydrogen-bond donors (Lipinski definition) is 1. The maximum atomic E-state index is 6.63. The standard InChI is InChI=1S/C127H86N12/c1-80(56-57-93(77-128)119-131-122(111-50-20-32-82-26-2-8-41-102(82)111)137-123(132-119)112-51-21-33-83-27-3-9-42-103(83)112)81-58-60-88(61-59-81)99-38-14-17-47-108(99)96-74-97(109-48-18-15-39-100(109)89-62-66-91(67-63-89)117-72-70-94(78-129-117)120-133-124(113-52-22-34-84-28-4-10-43-104(84)113)138-125(134-120)114-53-23-35-85-29-5-11-44-105(85)114)76-98(75-96)110-49-19-16-40-101(110)90-64-68-92(69-65-90)118-73-71-95(79-130-118)121-135-126(115-54-24-36-86-30-6-12-45-106(86)115)139-127(136-121)116-55-25-37-87-31-7-13-46-107(87)116/h2-6,8-30,32-80H,7,31,128H2,1H3/b57-56-,93-77+. The van der Waals surface area contributed by atoms with Crippen molar-refractivity contribution in [3.63, 3.8) is 0 Å². The third kappa shape index (κ3) is 16.4. The summed E-state index contributed by atoms with van der Waals surface area (Å²) in [5, 5.41) is 10.8. The summed E-state index contributed by atoms with van der Waals surface area (Å²) >= 11 is 0. The smallest absolute Gasteiger partial charge is 0.165 e. The second-order valence-electron chi connectivity index (χ2n) is 35.2. The van der Waals surface area contributed by atoms with Crippen LogP contribution in [0.1, 0.15) is 41.8 Å². The molecule has 24 rings (SSSR count). The number of pyridine rings is 2. The van der Waals surface area contributed by atoms with Crippen molar-refractivity contribution in [3.05, 3.63) is 478 Å². The minimum absolute atomic E-state index is 0.0277. The van der Waals surface area contributed by atoms with E-state index in [2.05, 4.69) is 444 Å². The minimum Gasteiger partial charge on any atom is -0.404 e. The zero-order valence-corrected chi connectivity index (χ0v) is 75.9. The van der Waals surface area contributed by atoms with Crippen LogP contribution in [-0.4, -0.2) is 54.8 Å². The molecule has 2 N–H and O–H groups in total. The number of nitrogens with two attached hydrogens (primary N) is 1. The summed E-state index contributed by atoms with van der Waals surface area (Å²) in [5.41, 5.74) is 34.6. The molecule has 12 nitrogen and oxygen atoms in total. The quantitative estimate of drug-likeness (QED) is 0.0718. The van der Waals surface area contributed by atoms with E-state index in [0.717, 1.165) is 212 Å². The molecule has 1 aliphatic rings. The van der Waals surface area contributed by atoms with Gasteiger partial charge in [-0.3, -0.25) is 9.97 Å². The first-order valence-electron chi connectivity index (χ1n) is 47.0. The van der Waals surface area contributed by atoms with Gasteiger partial charge in [-0.05, 0) is 199 Å². The van der Waals surface area contributed by atoms with Crippen molar-refractivity contribution in [2.45, 2.75) is 25.7 Å². The van der Waals surface area contributed by atoms with Gasteiger partial charge in [0.2, 0.25) is 0 Å². The number of rotatable bonds is 20. The van der Waals surface area contributed by atoms with Gasteiger partial charge in [0.15, 0.2) is 52.4 Å². The largest absolute Gasteiger partial charge is 0.404 e. The van der Waals surface area contributed by atoms with Crippen LogP contribution in [-0.2, 0) is 6.42 Å². The minimum atomic E-state index is -0.0277. The summed E-state index contributed by atoms with van der Waals surface area (Å²) in [7, 11) is 0. The molecule has 1 atom stereocenters. The second kappa shape index (κ2) is 36.5. The van der Waals surface area contributed by atoms with E-state index in [1.54, 1.807) is 6.20 Å². The molecule has 0 bridgehead atoms. The Labute approximate surface area is 804 Å². The molecule has 139 heavy (non-hydrogen) atoms. The summed E-state index contributed by atoms with van der Waals surface area (Å²) < 4.78 is 0. The third-order valence-electron chi connectivity index (χ3n) is 26.8. The van der Waals surface area contributed by atoms with Crippen molar-refractivity contribution in [1.29, 1.82) is 0 Å². The van der Waals surface area contributed by atoms with Crippen LogP contribution in [0.25, 0.3) is 246 Å². The summed E-state index contributed by atoms with van der Waals surface area (Å²) in [6.45, 7) is 2.21. The number of aromatic nitrogens is 11. The second-order valence-corrected chi connectivity index (χ2v) is 35.2. The van der Waals surface area contributed by atoms with Crippen molar-refractivity contribution in [2.75, 3.05) is 0 Å². The number of hydrogen-bond acceptors (Lipinski definition) is 12.